The summed E-state index contributed by atoms with van der Waals surface area (Å²) >= 11 is 0. The molecule has 21 heavy (non-hydrogen) atoms. The maximum Gasteiger partial charge on any atom is 0.291 e. The normalized spacial score (nSPS) is 14.2. The first kappa shape index (κ1) is 13.3. The van der Waals surface area contributed by atoms with E-state index in [2.05, 4.69) is 25.5 Å². The molecule has 3 heterocycles. The predicted octanol–water partition coefficient (Wildman–Crippen LogP) is -0.496. The summed E-state index contributed by atoms with van der Waals surface area (Å²) in [4.78, 5) is 32.6. The maximum absolute atomic E-state index is 12.2. The van der Waals surface area contributed by atoms with Crippen molar-refractivity contribution in [3.8, 4) is 11.5 Å². The van der Waals surface area contributed by atoms with Crippen LogP contribution in [-0.4, -0.2) is 61.6 Å². The lowest BCUT2D eigenvalue weighted by atomic mass is 10.2. The number of aromatic amines is 1. The van der Waals surface area contributed by atoms with Gasteiger partial charge < -0.3 is 15.2 Å². The van der Waals surface area contributed by atoms with Crippen LogP contribution in [0.5, 0.6) is 0 Å². The van der Waals surface area contributed by atoms with Gasteiger partial charge in [-0.3, -0.25) is 14.2 Å². The SMILES string of the molecule is CCN1CCn2c(nnc2-c2nc[nH]c2C(=O)NC)C1=O. The van der Waals surface area contributed by atoms with E-state index in [0.29, 0.717) is 36.8 Å². The highest BCUT2D eigenvalue weighted by Gasteiger charge is 2.30. The molecule has 9 heteroatoms. The van der Waals surface area contributed by atoms with Crippen molar-refractivity contribution < 1.29 is 9.59 Å². The number of aromatic nitrogens is 5. The first-order valence-electron chi connectivity index (χ1n) is 6.65. The van der Waals surface area contributed by atoms with Crippen molar-refractivity contribution in [2.45, 2.75) is 13.5 Å². The Kier molecular flexibility index (Phi) is 3.16. The lowest BCUT2D eigenvalue weighted by Crippen LogP contribution is -2.40. The van der Waals surface area contributed by atoms with Crippen molar-refractivity contribution in [2.24, 2.45) is 0 Å². The van der Waals surface area contributed by atoms with Crippen LogP contribution in [0.3, 0.4) is 0 Å². The first-order chi connectivity index (χ1) is 10.2. The molecule has 0 radical (unpaired) electrons. The van der Waals surface area contributed by atoms with Gasteiger partial charge in [-0.2, -0.15) is 0 Å². The van der Waals surface area contributed by atoms with Crippen LogP contribution >= 0.6 is 0 Å². The maximum atomic E-state index is 12.2. The molecule has 2 amide bonds. The van der Waals surface area contributed by atoms with Crippen molar-refractivity contribution in [1.29, 1.82) is 0 Å². The Morgan fingerprint density at radius 2 is 2.14 bits per heavy atom. The molecule has 2 aromatic heterocycles. The van der Waals surface area contributed by atoms with E-state index in [4.69, 9.17) is 0 Å². The number of fused-ring (bicyclic) bond motifs is 1. The molecule has 1 aliphatic heterocycles. The molecule has 0 atom stereocenters. The number of likely N-dealkylation sites (N-methyl/N-ethyl adjacent to an activating group) is 1. The molecule has 1 aliphatic rings. The summed E-state index contributed by atoms with van der Waals surface area (Å²) in [6, 6.07) is 0. The summed E-state index contributed by atoms with van der Waals surface area (Å²) in [5.74, 6) is 0.259. The number of hydrogen-bond acceptors (Lipinski definition) is 5. The van der Waals surface area contributed by atoms with Crippen molar-refractivity contribution in [2.75, 3.05) is 20.1 Å². The Morgan fingerprint density at radius 1 is 1.38 bits per heavy atom. The lowest BCUT2D eigenvalue weighted by Gasteiger charge is -2.26. The van der Waals surface area contributed by atoms with Crippen LogP contribution in [-0.2, 0) is 6.54 Å². The van der Waals surface area contributed by atoms with E-state index in [1.165, 1.54) is 13.4 Å². The van der Waals surface area contributed by atoms with Crippen LogP contribution in [0.4, 0.5) is 0 Å². The van der Waals surface area contributed by atoms with E-state index in [1.54, 1.807) is 9.47 Å². The molecule has 0 unspecified atom stereocenters. The fraction of sp³-hybridized carbons (Fsp3) is 0.417. The summed E-state index contributed by atoms with van der Waals surface area (Å²) in [7, 11) is 1.54. The predicted molar refractivity (Wildman–Crippen MR) is 72.6 cm³/mol. The van der Waals surface area contributed by atoms with Crippen molar-refractivity contribution >= 4 is 11.8 Å². The summed E-state index contributed by atoms with van der Waals surface area (Å²) in [5, 5.41) is 10.5. The molecule has 0 bridgehead atoms. The van der Waals surface area contributed by atoms with E-state index < -0.39 is 0 Å². The molecule has 0 aromatic carbocycles. The minimum absolute atomic E-state index is 0.153. The molecular formula is C12H15N7O2. The van der Waals surface area contributed by atoms with Crippen LogP contribution in [0.1, 0.15) is 28.0 Å². The second-order valence-corrected chi connectivity index (χ2v) is 4.59. The number of amides is 2. The average Bonchev–Trinajstić information content (AvgIpc) is 3.13. The smallest absolute Gasteiger partial charge is 0.291 e. The largest absolute Gasteiger partial charge is 0.354 e. The second-order valence-electron chi connectivity index (χ2n) is 4.59. The highest BCUT2D eigenvalue weighted by molar-refractivity contribution is 5.98. The minimum Gasteiger partial charge on any atom is -0.354 e. The number of carbonyl (C=O) groups excluding carboxylic acids is 2. The monoisotopic (exact) mass is 289 g/mol. The Morgan fingerprint density at radius 3 is 2.86 bits per heavy atom. The summed E-state index contributed by atoms with van der Waals surface area (Å²) in [5.41, 5.74) is 0.698. The van der Waals surface area contributed by atoms with E-state index in [0.717, 1.165) is 0 Å². The van der Waals surface area contributed by atoms with Gasteiger partial charge in [-0.25, -0.2) is 4.98 Å². The fourth-order valence-electron chi connectivity index (χ4n) is 2.38. The zero-order valence-corrected chi connectivity index (χ0v) is 11.8. The Bertz CT molecular complexity index is 702. The molecular weight excluding hydrogens is 274 g/mol. The van der Waals surface area contributed by atoms with Gasteiger partial charge in [-0.05, 0) is 6.92 Å². The molecule has 2 aromatic rings. The number of carbonyl (C=O) groups is 2. The quantitative estimate of drug-likeness (QED) is 0.792. The minimum atomic E-state index is -0.294. The molecule has 0 saturated heterocycles. The first-order valence-corrected chi connectivity index (χ1v) is 6.65. The second kappa shape index (κ2) is 5.00. The molecule has 9 nitrogen and oxygen atoms in total. The van der Waals surface area contributed by atoms with Crippen LogP contribution in [0.2, 0.25) is 0 Å². The molecule has 3 rings (SSSR count). The molecule has 0 aliphatic carbocycles. The zero-order chi connectivity index (χ0) is 15.0. The average molecular weight is 289 g/mol. The topological polar surface area (TPSA) is 109 Å². The van der Waals surface area contributed by atoms with Gasteiger partial charge in [0.2, 0.25) is 5.82 Å². The Hall–Kier alpha value is -2.71. The van der Waals surface area contributed by atoms with E-state index in [-0.39, 0.29) is 17.6 Å². The molecule has 2 N–H and O–H groups in total. The van der Waals surface area contributed by atoms with Gasteiger partial charge in [0, 0.05) is 26.7 Å². The van der Waals surface area contributed by atoms with Crippen molar-refractivity contribution in [3.05, 3.63) is 17.8 Å². The van der Waals surface area contributed by atoms with Gasteiger partial charge in [0.05, 0.1) is 6.33 Å². The van der Waals surface area contributed by atoms with Crippen LogP contribution < -0.4 is 5.32 Å². The van der Waals surface area contributed by atoms with Crippen LogP contribution in [0.15, 0.2) is 6.33 Å². The molecule has 0 saturated carbocycles. The number of nitrogens with zero attached hydrogens (tertiary/aromatic N) is 5. The van der Waals surface area contributed by atoms with Gasteiger partial charge in [0.1, 0.15) is 11.4 Å². The third-order valence-corrected chi connectivity index (χ3v) is 3.51. The lowest BCUT2D eigenvalue weighted by molar-refractivity contribution is 0.0707. The highest BCUT2D eigenvalue weighted by Crippen LogP contribution is 2.22. The summed E-state index contributed by atoms with van der Waals surface area (Å²) in [6.07, 6.45) is 1.42. The van der Waals surface area contributed by atoms with E-state index >= 15 is 0 Å². The number of nitrogens with one attached hydrogen (secondary N) is 2. The van der Waals surface area contributed by atoms with Gasteiger partial charge in [0.15, 0.2) is 5.82 Å². The van der Waals surface area contributed by atoms with Gasteiger partial charge in [-0.1, -0.05) is 0 Å². The Labute approximate surface area is 120 Å². The number of H-pyrrole nitrogens is 1. The van der Waals surface area contributed by atoms with Gasteiger partial charge in [-0.15, -0.1) is 10.2 Å². The number of hydrogen-bond donors (Lipinski definition) is 2. The summed E-state index contributed by atoms with van der Waals surface area (Å²) in [6.45, 7) is 3.72. The van der Waals surface area contributed by atoms with E-state index in [1.807, 2.05) is 6.92 Å². The third-order valence-electron chi connectivity index (χ3n) is 3.51. The molecule has 110 valence electrons. The molecule has 0 spiro atoms. The van der Waals surface area contributed by atoms with Gasteiger partial charge >= 0.3 is 0 Å². The van der Waals surface area contributed by atoms with Crippen molar-refractivity contribution in [3.63, 3.8) is 0 Å². The Balaban J connectivity index is 2.05. The fourth-order valence-corrected chi connectivity index (χ4v) is 2.38. The van der Waals surface area contributed by atoms with Crippen LogP contribution in [0.25, 0.3) is 11.5 Å². The number of imidazole rings is 1. The van der Waals surface area contributed by atoms with E-state index in [9.17, 15) is 9.59 Å². The zero-order valence-electron chi connectivity index (χ0n) is 11.8. The third kappa shape index (κ3) is 1.97. The van der Waals surface area contributed by atoms with Crippen molar-refractivity contribution in [1.82, 2.24) is 34.9 Å². The highest BCUT2D eigenvalue weighted by atomic mass is 16.2. The number of rotatable bonds is 3. The summed E-state index contributed by atoms with van der Waals surface area (Å²) < 4.78 is 1.71. The van der Waals surface area contributed by atoms with Crippen LogP contribution in [0, 0.1) is 0 Å². The molecule has 0 fully saturated rings. The standard InChI is InChI=1S/C12H15N7O2/c1-3-18-4-5-19-9(16-17-10(19)12(18)21)7-8(11(20)13-2)15-6-14-7/h6H,3-5H2,1-2H3,(H,13,20)(H,14,15). The van der Waals surface area contributed by atoms with Gasteiger partial charge in [0.25, 0.3) is 11.8 Å².